The molecule has 45 heavy (non-hydrogen) atoms. The average Bonchev–Trinajstić information content (AvgIpc) is 2.95. The number of ether oxygens (including phenoxy) is 2. The molecule has 0 spiro atoms. The zero-order valence-electron chi connectivity index (χ0n) is 29.6. The number of hydrogen-bond donors (Lipinski definition) is 1. The highest BCUT2D eigenvalue weighted by Gasteiger charge is 2.34. The van der Waals surface area contributed by atoms with Crippen molar-refractivity contribution in [3.05, 3.63) is 94.1 Å². The van der Waals surface area contributed by atoms with Gasteiger partial charge in [-0.15, -0.1) is 0 Å². The molecule has 0 aliphatic carbocycles. The number of rotatable bonds is 20. The Bertz CT molecular complexity index is 1190. The molecule has 5 heteroatoms. The third-order valence-electron chi connectivity index (χ3n) is 7.75. The van der Waals surface area contributed by atoms with Crippen LogP contribution in [-0.4, -0.2) is 28.8 Å². The van der Waals surface area contributed by atoms with Crippen molar-refractivity contribution >= 4 is 11.9 Å². The fraction of sp³-hybridized carbons (Fsp3) is 0.550. The quantitative estimate of drug-likeness (QED) is 0.0892. The van der Waals surface area contributed by atoms with Crippen molar-refractivity contribution < 1.29 is 24.2 Å². The predicted octanol–water partition coefficient (Wildman–Crippen LogP) is 10.6. The summed E-state index contributed by atoms with van der Waals surface area (Å²) in [4.78, 5) is 24.7. The van der Waals surface area contributed by atoms with Crippen LogP contribution in [0, 0.1) is 0 Å². The van der Waals surface area contributed by atoms with Crippen LogP contribution >= 0.6 is 0 Å². The van der Waals surface area contributed by atoms with Gasteiger partial charge in [-0.2, -0.15) is 0 Å². The first kappa shape index (κ1) is 39.8. The summed E-state index contributed by atoms with van der Waals surface area (Å²) in [6.45, 7) is 17.6. The van der Waals surface area contributed by atoms with Crippen LogP contribution in [0.15, 0.2) is 88.6 Å². The number of carbonyl (C=O) groups is 2. The van der Waals surface area contributed by atoms with E-state index >= 15 is 0 Å². The summed E-state index contributed by atoms with van der Waals surface area (Å²) in [5, 5.41) is 10.7. The molecule has 1 aromatic rings. The topological polar surface area (TPSA) is 72.8 Å². The molecule has 0 saturated heterocycles. The van der Waals surface area contributed by atoms with Gasteiger partial charge < -0.3 is 14.6 Å². The standard InChI is InChI=1S/C40H60O5/c1-30(2)18-15-21-33(5)24-16-22-31(3)19-13-14-20-32(4)23-17-25-34(6)28-29-37(40(8,9)43)45-39(42)38(44-35(7)41)36-26-11-10-12-27-36/h10-12,18-20,24-27,37-38,43H,13-17,21-23,28-29H2,1-9H3/b31-19+,32-20+,33-24+,34-25+/t37-,38+/m1/s1. The summed E-state index contributed by atoms with van der Waals surface area (Å²) in [5.74, 6) is -1.26. The lowest BCUT2D eigenvalue weighted by atomic mass is 9.95. The predicted molar refractivity (Wildman–Crippen MR) is 188 cm³/mol. The molecular formula is C40H60O5. The smallest absolute Gasteiger partial charge is 0.352 e. The van der Waals surface area contributed by atoms with E-state index in [0.29, 0.717) is 18.4 Å². The van der Waals surface area contributed by atoms with Gasteiger partial charge in [-0.1, -0.05) is 88.6 Å². The van der Waals surface area contributed by atoms with E-state index in [1.165, 1.54) is 34.8 Å². The van der Waals surface area contributed by atoms with E-state index in [4.69, 9.17) is 9.47 Å². The second kappa shape index (κ2) is 21.5. The molecule has 0 saturated carbocycles. The van der Waals surface area contributed by atoms with E-state index in [9.17, 15) is 14.7 Å². The summed E-state index contributed by atoms with van der Waals surface area (Å²) in [6.07, 6.45) is 19.5. The van der Waals surface area contributed by atoms with Crippen LogP contribution in [0.1, 0.15) is 138 Å². The highest BCUT2D eigenvalue weighted by atomic mass is 16.6. The zero-order chi connectivity index (χ0) is 33.8. The third-order valence-corrected chi connectivity index (χ3v) is 7.75. The fourth-order valence-electron chi connectivity index (χ4n) is 4.91. The number of aliphatic hydroxyl groups is 1. The van der Waals surface area contributed by atoms with Crippen molar-refractivity contribution in [1.82, 2.24) is 0 Å². The van der Waals surface area contributed by atoms with Crippen LogP contribution < -0.4 is 0 Å². The number of carbonyl (C=O) groups excluding carboxylic acids is 2. The van der Waals surface area contributed by atoms with Gasteiger partial charge >= 0.3 is 11.9 Å². The van der Waals surface area contributed by atoms with Crippen molar-refractivity contribution in [3.8, 4) is 0 Å². The van der Waals surface area contributed by atoms with Crippen molar-refractivity contribution in [3.63, 3.8) is 0 Å². The van der Waals surface area contributed by atoms with Crippen LogP contribution in [0.3, 0.4) is 0 Å². The summed E-state index contributed by atoms with van der Waals surface area (Å²) < 4.78 is 11.0. The Kier molecular flexibility index (Phi) is 19.1. The van der Waals surface area contributed by atoms with E-state index < -0.39 is 29.7 Å². The first-order valence-corrected chi connectivity index (χ1v) is 16.6. The van der Waals surface area contributed by atoms with Crippen LogP contribution in [0.4, 0.5) is 0 Å². The molecule has 0 radical (unpaired) electrons. The number of esters is 2. The first-order valence-electron chi connectivity index (χ1n) is 16.6. The second-order valence-electron chi connectivity index (χ2n) is 13.2. The Morgan fingerprint density at radius 1 is 0.667 bits per heavy atom. The minimum atomic E-state index is -1.25. The van der Waals surface area contributed by atoms with Crippen molar-refractivity contribution in [2.45, 2.75) is 144 Å². The van der Waals surface area contributed by atoms with Gasteiger partial charge in [0.2, 0.25) is 6.10 Å². The van der Waals surface area contributed by atoms with Crippen LogP contribution in [0.25, 0.3) is 0 Å². The van der Waals surface area contributed by atoms with Gasteiger partial charge in [-0.25, -0.2) is 4.79 Å². The maximum absolute atomic E-state index is 13.1. The molecule has 1 N–H and O–H groups in total. The molecule has 1 rings (SSSR count). The monoisotopic (exact) mass is 620 g/mol. The lowest BCUT2D eigenvalue weighted by molar-refractivity contribution is -0.180. The molecule has 0 aromatic heterocycles. The van der Waals surface area contributed by atoms with Gasteiger partial charge in [0.05, 0.1) is 5.60 Å². The number of hydrogen-bond acceptors (Lipinski definition) is 5. The Labute approximate surface area is 274 Å². The molecule has 0 bridgehead atoms. The minimum absolute atomic E-state index is 0.463. The van der Waals surface area contributed by atoms with Gasteiger partial charge in [0, 0.05) is 12.5 Å². The Morgan fingerprint density at radius 3 is 1.56 bits per heavy atom. The summed E-state index contributed by atoms with van der Waals surface area (Å²) in [6, 6.07) is 8.79. The van der Waals surface area contributed by atoms with Crippen LogP contribution in [0.2, 0.25) is 0 Å². The minimum Gasteiger partial charge on any atom is -0.456 e. The largest absolute Gasteiger partial charge is 0.456 e. The molecular weight excluding hydrogens is 560 g/mol. The molecule has 0 amide bonds. The number of benzene rings is 1. The van der Waals surface area contributed by atoms with E-state index in [1.807, 2.05) is 6.07 Å². The van der Waals surface area contributed by atoms with Gasteiger partial charge in [0.15, 0.2) is 0 Å². The maximum Gasteiger partial charge on any atom is 0.352 e. The van der Waals surface area contributed by atoms with E-state index in [0.717, 1.165) is 51.4 Å². The van der Waals surface area contributed by atoms with Crippen molar-refractivity contribution in [2.24, 2.45) is 0 Å². The van der Waals surface area contributed by atoms with Gasteiger partial charge in [-0.3, -0.25) is 4.79 Å². The van der Waals surface area contributed by atoms with Crippen LogP contribution in [0.5, 0.6) is 0 Å². The van der Waals surface area contributed by atoms with Gasteiger partial charge in [0.25, 0.3) is 0 Å². The summed E-state index contributed by atoms with van der Waals surface area (Å²) >= 11 is 0. The van der Waals surface area contributed by atoms with Gasteiger partial charge in [-0.05, 0) is 120 Å². The average molecular weight is 621 g/mol. The zero-order valence-corrected chi connectivity index (χ0v) is 29.6. The second-order valence-corrected chi connectivity index (χ2v) is 13.2. The molecule has 0 aliphatic rings. The van der Waals surface area contributed by atoms with E-state index in [2.05, 4.69) is 71.9 Å². The molecule has 250 valence electrons. The highest BCUT2D eigenvalue weighted by Crippen LogP contribution is 2.26. The van der Waals surface area contributed by atoms with Crippen LogP contribution in [-0.2, 0) is 19.1 Å². The molecule has 1 aromatic carbocycles. The number of unbranched alkanes of at least 4 members (excludes halogenated alkanes) is 1. The first-order chi connectivity index (χ1) is 21.2. The van der Waals surface area contributed by atoms with Crippen molar-refractivity contribution in [1.29, 1.82) is 0 Å². The van der Waals surface area contributed by atoms with Crippen molar-refractivity contribution in [2.75, 3.05) is 0 Å². The summed E-state index contributed by atoms with van der Waals surface area (Å²) in [7, 11) is 0. The lowest BCUT2D eigenvalue weighted by Gasteiger charge is -2.30. The molecule has 0 heterocycles. The number of allylic oxidation sites excluding steroid dienone is 10. The Hall–Kier alpha value is -3.18. The molecule has 0 unspecified atom stereocenters. The summed E-state index contributed by atoms with van der Waals surface area (Å²) in [5.41, 5.74) is 6.20. The Balaban J connectivity index is 2.53. The SMILES string of the molecule is CC(=O)O[C@H](C(=O)O[C@H](CC/C(C)=C/CC/C(C)=C/CC/C=C(\C)CC/C=C(\C)CCC=C(C)C)C(C)(C)O)c1ccccc1. The third kappa shape index (κ3) is 19.1. The van der Waals surface area contributed by atoms with E-state index in [1.54, 1.807) is 38.1 Å². The Morgan fingerprint density at radius 2 is 1.11 bits per heavy atom. The fourth-order valence-corrected chi connectivity index (χ4v) is 4.91. The normalized spacial score (nSPS) is 14.5. The lowest BCUT2D eigenvalue weighted by Crippen LogP contribution is -2.41. The molecule has 0 fully saturated rings. The highest BCUT2D eigenvalue weighted by molar-refractivity contribution is 5.80. The molecule has 5 nitrogen and oxygen atoms in total. The maximum atomic E-state index is 13.1. The van der Waals surface area contributed by atoms with Gasteiger partial charge in [0.1, 0.15) is 6.10 Å². The molecule has 0 aliphatic heterocycles. The molecule has 2 atom stereocenters. The van der Waals surface area contributed by atoms with E-state index in [-0.39, 0.29) is 0 Å².